The molecule has 0 bridgehead atoms. The Labute approximate surface area is 191 Å². The summed E-state index contributed by atoms with van der Waals surface area (Å²) in [7, 11) is 0. The molecular weight excluding hydrogens is 428 g/mol. The van der Waals surface area contributed by atoms with E-state index >= 15 is 0 Å². The molecule has 1 fully saturated rings. The van der Waals surface area contributed by atoms with Gasteiger partial charge >= 0.3 is 6.03 Å². The van der Waals surface area contributed by atoms with Crippen LogP contribution in [0.3, 0.4) is 0 Å². The van der Waals surface area contributed by atoms with Gasteiger partial charge in [-0.05, 0) is 49.6 Å². The second-order valence-electron chi connectivity index (χ2n) is 7.89. The molecule has 0 atom stereocenters. The number of phenols is 1. The fraction of sp³-hybridized carbons (Fsp3) is 0.292. The SMILES string of the molecule is CCCNC(=O)n1nc(-c2ccc(NC(=O)c3ccccc3Cl)cc2O)cc1C1CCC1. The largest absolute Gasteiger partial charge is 0.507 e. The standard InChI is InChI=1S/C24H25ClN4O3/c1-2-12-26-24(32)29-21(15-6-5-7-15)14-20(28-29)18-11-10-16(13-22(18)30)27-23(31)17-8-3-4-9-19(17)25/h3-4,8-11,13-15,30H,2,5-7,12H2,1H3,(H,26,32)(H,27,31). The molecule has 0 aliphatic heterocycles. The van der Waals surface area contributed by atoms with Crippen LogP contribution in [0.1, 0.15) is 54.6 Å². The van der Waals surface area contributed by atoms with Crippen molar-refractivity contribution in [2.24, 2.45) is 0 Å². The van der Waals surface area contributed by atoms with Gasteiger partial charge in [0.2, 0.25) is 0 Å². The van der Waals surface area contributed by atoms with Crippen LogP contribution in [-0.2, 0) is 0 Å². The first-order chi connectivity index (χ1) is 15.5. The zero-order chi connectivity index (χ0) is 22.7. The van der Waals surface area contributed by atoms with E-state index in [0.717, 1.165) is 31.4 Å². The lowest BCUT2D eigenvalue weighted by Gasteiger charge is -2.25. The highest BCUT2D eigenvalue weighted by Gasteiger charge is 2.27. The number of hydrogen-bond acceptors (Lipinski definition) is 4. The van der Waals surface area contributed by atoms with Crippen molar-refractivity contribution >= 4 is 29.2 Å². The van der Waals surface area contributed by atoms with Gasteiger partial charge in [-0.1, -0.05) is 37.1 Å². The fourth-order valence-electron chi connectivity index (χ4n) is 3.66. The molecule has 1 aliphatic rings. The third-order valence-corrected chi connectivity index (χ3v) is 5.96. The van der Waals surface area contributed by atoms with Gasteiger partial charge in [0.15, 0.2) is 0 Å². The molecule has 4 rings (SSSR count). The summed E-state index contributed by atoms with van der Waals surface area (Å²) >= 11 is 6.08. The van der Waals surface area contributed by atoms with Crippen molar-refractivity contribution in [3.8, 4) is 17.0 Å². The van der Waals surface area contributed by atoms with E-state index in [2.05, 4.69) is 15.7 Å². The van der Waals surface area contributed by atoms with Crippen molar-refractivity contribution in [3.05, 3.63) is 64.8 Å². The summed E-state index contributed by atoms with van der Waals surface area (Å²) in [5, 5.41) is 21.1. The number of aromatic hydroxyl groups is 1. The number of nitrogens with one attached hydrogen (secondary N) is 2. The van der Waals surface area contributed by atoms with Crippen LogP contribution in [0.4, 0.5) is 10.5 Å². The van der Waals surface area contributed by atoms with E-state index in [9.17, 15) is 14.7 Å². The molecule has 0 saturated heterocycles. The zero-order valence-electron chi connectivity index (χ0n) is 17.8. The molecule has 1 saturated carbocycles. The van der Waals surface area contributed by atoms with Gasteiger partial charge in [0.25, 0.3) is 5.91 Å². The Balaban J connectivity index is 1.59. The lowest BCUT2D eigenvalue weighted by molar-refractivity contribution is 0.102. The van der Waals surface area contributed by atoms with Gasteiger partial charge < -0.3 is 15.7 Å². The molecule has 1 aliphatic carbocycles. The summed E-state index contributed by atoms with van der Waals surface area (Å²) < 4.78 is 1.42. The minimum atomic E-state index is -0.369. The predicted octanol–water partition coefficient (Wildman–Crippen LogP) is 5.40. The van der Waals surface area contributed by atoms with Crippen LogP contribution in [0.2, 0.25) is 5.02 Å². The van der Waals surface area contributed by atoms with E-state index in [0.29, 0.717) is 40.0 Å². The Morgan fingerprint density at radius 3 is 2.62 bits per heavy atom. The average molecular weight is 453 g/mol. The van der Waals surface area contributed by atoms with E-state index in [1.54, 1.807) is 36.4 Å². The maximum absolute atomic E-state index is 12.6. The number of hydrogen-bond donors (Lipinski definition) is 3. The van der Waals surface area contributed by atoms with Crippen LogP contribution in [0.5, 0.6) is 5.75 Å². The highest BCUT2D eigenvalue weighted by atomic mass is 35.5. The smallest absolute Gasteiger partial charge is 0.342 e. The fourth-order valence-corrected chi connectivity index (χ4v) is 3.88. The number of amides is 2. The third kappa shape index (κ3) is 4.48. The summed E-state index contributed by atoms with van der Waals surface area (Å²) in [5.41, 5.74) is 2.63. The van der Waals surface area contributed by atoms with E-state index < -0.39 is 0 Å². The lowest BCUT2D eigenvalue weighted by Crippen LogP contribution is -2.32. The molecule has 8 heteroatoms. The lowest BCUT2D eigenvalue weighted by atomic mass is 9.82. The molecule has 7 nitrogen and oxygen atoms in total. The van der Waals surface area contributed by atoms with Gasteiger partial charge in [-0.3, -0.25) is 4.79 Å². The Morgan fingerprint density at radius 2 is 1.97 bits per heavy atom. The Bertz CT molecular complexity index is 1150. The number of halogens is 1. The minimum Gasteiger partial charge on any atom is -0.507 e. The quantitative estimate of drug-likeness (QED) is 0.466. The van der Waals surface area contributed by atoms with Crippen LogP contribution in [0.25, 0.3) is 11.3 Å². The summed E-state index contributed by atoms with van der Waals surface area (Å²) in [6.45, 7) is 2.56. The Kier molecular flexibility index (Phi) is 6.46. The Morgan fingerprint density at radius 1 is 1.19 bits per heavy atom. The molecule has 0 spiro atoms. The maximum Gasteiger partial charge on any atom is 0.342 e. The number of rotatable bonds is 6. The molecule has 2 amide bonds. The summed E-state index contributed by atoms with van der Waals surface area (Å²) in [6, 6.07) is 13.2. The van der Waals surface area contributed by atoms with Gasteiger partial charge in [-0.25, -0.2) is 4.79 Å². The van der Waals surface area contributed by atoms with Crippen LogP contribution in [0, 0.1) is 0 Å². The minimum absolute atomic E-state index is 0.0410. The first-order valence-electron chi connectivity index (χ1n) is 10.8. The van der Waals surface area contributed by atoms with Crippen molar-refractivity contribution in [1.29, 1.82) is 0 Å². The van der Waals surface area contributed by atoms with E-state index in [4.69, 9.17) is 11.6 Å². The van der Waals surface area contributed by atoms with E-state index in [-0.39, 0.29) is 17.7 Å². The van der Waals surface area contributed by atoms with Crippen LogP contribution in [0.15, 0.2) is 48.5 Å². The zero-order valence-corrected chi connectivity index (χ0v) is 18.5. The predicted molar refractivity (Wildman–Crippen MR) is 124 cm³/mol. The monoisotopic (exact) mass is 452 g/mol. The molecule has 2 aromatic carbocycles. The second kappa shape index (κ2) is 9.44. The van der Waals surface area contributed by atoms with Crippen LogP contribution < -0.4 is 10.6 Å². The highest BCUT2D eigenvalue weighted by molar-refractivity contribution is 6.34. The molecule has 32 heavy (non-hydrogen) atoms. The first kappa shape index (κ1) is 21.9. The van der Waals surface area contributed by atoms with Gasteiger partial charge in [0.1, 0.15) is 5.75 Å². The molecule has 1 aromatic heterocycles. The van der Waals surface area contributed by atoms with Gasteiger partial charge in [0, 0.05) is 29.8 Å². The van der Waals surface area contributed by atoms with E-state index in [1.807, 2.05) is 13.0 Å². The summed E-state index contributed by atoms with van der Waals surface area (Å²) in [6.07, 6.45) is 4.00. The third-order valence-electron chi connectivity index (χ3n) is 5.63. The number of phenolic OH excluding ortho intramolecular Hbond substituents is 1. The molecule has 166 valence electrons. The Hall–Kier alpha value is -3.32. The number of nitrogens with zero attached hydrogens (tertiary/aromatic N) is 2. The van der Waals surface area contributed by atoms with E-state index in [1.165, 1.54) is 10.7 Å². The average Bonchev–Trinajstić information content (AvgIpc) is 3.15. The van der Waals surface area contributed by atoms with Gasteiger partial charge in [-0.2, -0.15) is 9.78 Å². The van der Waals surface area contributed by atoms with Gasteiger partial charge in [0.05, 0.1) is 22.0 Å². The van der Waals surface area contributed by atoms with Crippen LogP contribution >= 0.6 is 11.6 Å². The number of benzene rings is 2. The summed E-state index contributed by atoms with van der Waals surface area (Å²) in [4.78, 5) is 25.1. The number of anilines is 1. The highest BCUT2D eigenvalue weighted by Crippen LogP contribution is 2.39. The van der Waals surface area contributed by atoms with Crippen LogP contribution in [-0.4, -0.2) is 33.4 Å². The van der Waals surface area contributed by atoms with Crippen molar-refractivity contribution in [3.63, 3.8) is 0 Å². The summed E-state index contributed by atoms with van der Waals surface area (Å²) in [5.74, 6) is -0.118. The molecular formula is C24H25ClN4O3. The van der Waals surface area contributed by atoms with Crippen molar-refractivity contribution < 1.29 is 14.7 Å². The number of carbonyl (C=O) groups excluding carboxylic acids is 2. The van der Waals surface area contributed by atoms with Gasteiger partial charge in [-0.15, -0.1) is 0 Å². The van der Waals surface area contributed by atoms with Crippen molar-refractivity contribution in [2.75, 3.05) is 11.9 Å². The number of aromatic nitrogens is 2. The molecule has 0 radical (unpaired) electrons. The molecule has 0 unspecified atom stereocenters. The van der Waals surface area contributed by atoms with Crippen molar-refractivity contribution in [1.82, 2.24) is 15.1 Å². The number of carbonyl (C=O) groups is 2. The molecule has 3 N–H and O–H groups in total. The topological polar surface area (TPSA) is 96.3 Å². The second-order valence-corrected chi connectivity index (χ2v) is 8.30. The maximum atomic E-state index is 12.6. The molecule has 3 aromatic rings. The first-order valence-corrected chi connectivity index (χ1v) is 11.1. The van der Waals surface area contributed by atoms with Crippen molar-refractivity contribution in [2.45, 2.75) is 38.5 Å². The molecule has 1 heterocycles. The normalized spacial score (nSPS) is 13.4.